The first-order valence-electron chi connectivity index (χ1n) is 5.03. The van der Waals surface area contributed by atoms with Gasteiger partial charge in [-0.3, -0.25) is 4.79 Å². The summed E-state index contributed by atoms with van der Waals surface area (Å²) in [5.41, 5.74) is 6.72. The van der Waals surface area contributed by atoms with E-state index in [0.29, 0.717) is 11.5 Å². The van der Waals surface area contributed by atoms with E-state index in [1.807, 2.05) is 12.1 Å². The maximum Gasteiger partial charge on any atom is 0.238 e. The Morgan fingerprint density at radius 2 is 2.35 bits per heavy atom. The summed E-state index contributed by atoms with van der Waals surface area (Å²) >= 11 is 0. The van der Waals surface area contributed by atoms with Crippen LogP contribution in [-0.4, -0.2) is 32.7 Å². The SMILES string of the molecule is Cn1nnnc1-c1cccc(NC(=O)CN)c1. The van der Waals surface area contributed by atoms with E-state index in [1.165, 1.54) is 0 Å². The van der Waals surface area contributed by atoms with Crippen molar-refractivity contribution in [2.75, 3.05) is 11.9 Å². The van der Waals surface area contributed by atoms with Crippen molar-refractivity contribution < 1.29 is 4.79 Å². The number of nitrogens with one attached hydrogen (secondary N) is 1. The lowest BCUT2D eigenvalue weighted by Crippen LogP contribution is -2.21. The van der Waals surface area contributed by atoms with Gasteiger partial charge in [-0.1, -0.05) is 12.1 Å². The molecule has 1 amide bonds. The standard InChI is InChI=1S/C10H12N6O/c1-16-10(13-14-15-16)7-3-2-4-8(5-7)12-9(17)6-11/h2-5H,6,11H2,1H3,(H,12,17). The number of rotatable bonds is 3. The summed E-state index contributed by atoms with van der Waals surface area (Å²) in [5, 5.41) is 13.9. The Kier molecular flexibility index (Phi) is 3.10. The van der Waals surface area contributed by atoms with Crippen molar-refractivity contribution in [2.24, 2.45) is 12.8 Å². The lowest BCUT2D eigenvalue weighted by Gasteiger charge is -2.05. The molecule has 0 saturated carbocycles. The van der Waals surface area contributed by atoms with Gasteiger partial charge in [-0.2, -0.15) is 0 Å². The number of nitrogens with zero attached hydrogens (tertiary/aromatic N) is 4. The van der Waals surface area contributed by atoms with Gasteiger partial charge < -0.3 is 11.1 Å². The van der Waals surface area contributed by atoms with E-state index in [0.717, 1.165) is 5.56 Å². The van der Waals surface area contributed by atoms with Crippen molar-refractivity contribution in [3.05, 3.63) is 24.3 Å². The highest BCUT2D eigenvalue weighted by molar-refractivity contribution is 5.92. The molecule has 0 unspecified atom stereocenters. The fourth-order valence-corrected chi connectivity index (χ4v) is 1.42. The first-order chi connectivity index (χ1) is 8.20. The second-order valence-electron chi connectivity index (χ2n) is 3.46. The van der Waals surface area contributed by atoms with Gasteiger partial charge in [-0.15, -0.1) is 5.10 Å². The molecule has 1 heterocycles. The minimum Gasteiger partial charge on any atom is -0.325 e. The van der Waals surface area contributed by atoms with Gasteiger partial charge >= 0.3 is 0 Å². The average Bonchev–Trinajstić information content (AvgIpc) is 2.75. The van der Waals surface area contributed by atoms with Crippen LogP contribution in [0.5, 0.6) is 0 Å². The molecule has 0 aliphatic heterocycles. The van der Waals surface area contributed by atoms with Crippen molar-refractivity contribution in [1.29, 1.82) is 0 Å². The number of anilines is 1. The zero-order valence-corrected chi connectivity index (χ0v) is 9.29. The van der Waals surface area contributed by atoms with Gasteiger partial charge in [0, 0.05) is 18.3 Å². The molecular formula is C10H12N6O. The third kappa shape index (κ3) is 2.45. The summed E-state index contributed by atoms with van der Waals surface area (Å²) in [6.07, 6.45) is 0. The molecule has 0 fully saturated rings. The maximum atomic E-state index is 11.2. The van der Waals surface area contributed by atoms with Crippen LogP contribution < -0.4 is 11.1 Å². The molecule has 1 aromatic carbocycles. The van der Waals surface area contributed by atoms with Crippen LogP contribution in [-0.2, 0) is 11.8 Å². The van der Waals surface area contributed by atoms with E-state index in [-0.39, 0.29) is 12.5 Å². The normalized spacial score (nSPS) is 10.2. The fraction of sp³-hybridized carbons (Fsp3) is 0.200. The van der Waals surface area contributed by atoms with Crippen molar-refractivity contribution in [1.82, 2.24) is 20.2 Å². The van der Waals surface area contributed by atoms with Crippen molar-refractivity contribution in [3.63, 3.8) is 0 Å². The third-order valence-electron chi connectivity index (χ3n) is 2.21. The van der Waals surface area contributed by atoms with Gasteiger partial charge in [-0.05, 0) is 22.6 Å². The minimum absolute atomic E-state index is 0.0459. The molecule has 2 aromatic rings. The maximum absolute atomic E-state index is 11.2. The molecule has 0 aliphatic rings. The predicted molar refractivity (Wildman–Crippen MR) is 61.9 cm³/mol. The van der Waals surface area contributed by atoms with E-state index < -0.39 is 0 Å². The number of aromatic nitrogens is 4. The molecule has 17 heavy (non-hydrogen) atoms. The van der Waals surface area contributed by atoms with E-state index >= 15 is 0 Å². The van der Waals surface area contributed by atoms with Crippen LogP contribution in [0.1, 0.15) is 0 Å². The first kappa shape index (κ1) is 11.2. The molecule has 7 nitrogen and oxygen atoms in total. The van der Waals surface area contributed by atoms with Crippen molar-refractivity contribution >= 4 is 11.6 Å². The van der Waals surface area contributed by atoms with E-state index in [9.17, 15) is 4.79 Å². The molecule has 0 bridgehead atoms. The number of benzene rings is 1. The third-order valence-corrected chi connectivity index (χ3v) is 2.21. The number of amides is 1. The number of tetrazole rings is 1. The van der Waals surface area contributed by atoms with E-state index in [1.54, 1.807) is 23.9 Å². The lowest BCUT2D eigenvalue weighted by atomic mass is 10.2. The molecule has 1 aromatic heterocycles. The van der Waals surface area contributed by atoms with Gasteiger partial charge in [0.25, 0.3) is 0 Å². The van der Waals surface area contributed by atoms with Crippen LogP contribution in [0.15, 0.2) is 24.3 Å². The monoisotopic (exact) mass is 232 g/mol. The Morgan fingerprint density at radius 1 is 1.53 bits per heavy atom. The lowest BCUT2D eigenvalue weighted by molar-refractivity contribution is -0.114. The molecule has 0 saturated heterocycles. The number of carbonyl (C=O) groups is 1. The quantitative estimate of drug-likeness (QED) is 0.761. The fourth-order valence-electron chi connectivity index (χ4n) is 1.42. The molecule has 88 valence electrons. The molecule has 0 aliphatic carbocycles. The molecule has 7 heteroatoms. The topological polar surface area (TPSA) is 98.7 Å². The molecular weight excluding hydrogens is 220 g/mol. The zero-order chi connectivity index (χ0) is 12.3. The van der Waals surface area contributed by atoms with Crippen LogP contribution in [0.3, 0.4) is 0 Å². The second-order valence-corrected chi connectivity index (χ2v) is 3.46. The summed E-state index contributed by atoms with van der Waals surface area (Å²) in [6, 6.07) is 7.25. The Bertz CT molecular complexity index is 535. The van der Waals surface area contributed by atoms with Gasteiger partial charge in [0.2, 0.25) is 5.91 Å². The Balaban J connectivity index is 2.29. The Morgan fingerprint density at radius 3 is 3.00 bits per heavy atom. The van der Waals surface area contributed by atoms with Gasteiger partial charge in [-0.25, -0.2) is 4.68 Å². The molecule has 0 radical (unpaired) electrons. The van der Waals surface area contributed by atoms with Crippen LogP contribution in [0.4, 0.5) is 5.69 Å². The zero-order valence-electron chi connectivity index (χ0n) is 9.29. The van der Waals surface area contributed by atoms with Gasteiger partial charge in [0.1, 0.15) is 0 Å². The minimum atomic E-state index is -0.238. The number of hydrogen-bond acceptors (Lipinski definition) is 5. The summed E-state index contributed by atoms with van der Waals surface area (Å²) in [7, 11) is 1.75. The molecule has 0 atom stereocenters. The first-order valence-corrected chi connectivity index (χ1v) is 5.03. The number of aryl methyl sites for hydroxylation is 1. The van der Waals surface area contributed by atoms with Crippen molar-refractivity contribution in [2.45, 2.75) is 0 Å². The largest absolute Gasteiger partial charge is 0.325 e. The summed E-state index contributed by atoms with van der Waals surface area (Å²) in [4.78, 5) is 11.2. The number of hydrogen-bond donors (Lipinski definition) is 2. The second kappa shape index (κ2) is 4.71. The average molecular weight is 232 g/mol. The highest BCUT2D eigenvalue weighted by Crippen LogP contribution is 2.19. The summed E-state index contributed by atoms with van der Waals surface area (Å²) in [5.74, 6) is 0.395. The van der Waals surface area contributed by atoms with Crippen LogP contribution in [0, 0.1) is 0 Å². The molecule has 0 spiro atoms. The van der Waals surface area contributed by atoms with Crippen molar-refractivity contribution in [3.8, 4) is 11.4 Å². The highest BCUT2D eigenvalue weighted by Gasteiger charge is 2.07. The Labute approximate surface area is 97.6 Å². The number of carbonyl (C=O) groups excluding carboxylic acids is 1. The van der Waals surface area contributed by atoms with Crippen LogP contribution >= 0.6 is 0 Å². The van der Waals surface area contributed by atoms with Crippen LogP contribution in [0.25, 0.3) is 11.4 Å². The predicted octanol–water partition coefficient (Wildman–Crippen LogP) is -0.226. The molecule has 3 N–H and O–H groups in total. The smallest absolute Gasteiger partial charge is 0.238 e. The van der Waals surface area contributed by atoms with Gasteiger partial charge in [0.05, 0.1) is 6.54 Å². The van der Waals surface area contributed by atoms with E-state index in [2.05, 4.69) is 20.8 Å². The Hall–Kier alpha value is -2.28. The highest BCUT2D eigenvalue weighted by atomic mass is 16.1. The van der Waals surface area contributed by atoms with Gasteiger partial charge in [0.15, 0.2) is 5.82 Å². The van der Waals surface area contributed by atoms with Crippen LogP contribution in [0.2, 0.25) is 0 Å². The van der Waals surface area contributed by atoms with E-state index in [4.69, 9.17) is 5.73 Å². The molecule has 2 rings (SSSR count). The number of nitrogens with two attached hydrogens (primary N) is 1. The summed E-state index contributed by atoms with van der Waals surface area (Å²) < 4.78 is 1.56. The summed E-state index contributed by atoms with van der Waals surface area (Å²) in [6.45, 7) is -0.0459.